The molecule has 30 heavy (non-hydrogen) atoms. The second kappa shape index (κ2) is 9.45. The normalized spacial score (nSPS) is 14.5. The lowest BCUT2D eigenvalue weighted by Crippen LogP contribution is -2.20. The molecule has 0 saturated heterocycles. The van der Waals surface area contributed by atoms with Gasteiger partial charge in [-0.05, 0) is 49.2 Å². The number of carbonyl (C=O) groups excluding carboxylic acids is 1. The van der Waals surface area contributed by atoms with E-state index in [0.29, 0.717) is 34.6 Å². The molecule has 0 bridgehead atoms. The zero-order valence-corrected chi connectivity index (χ0v) is 17.7. The maximum absolute atomic E-state index is 11.7. The van der Waals surface area contributed by atoms with E-state index < -0.39 is 6.10 Å². The summed E-state index contributed by atoms with van der Waals surface area (Å²) < 4.78 is 7.57. The molecule has 1 saturated carbocycles. The minimum atomic E-state index is -0.653. The van der Waals surface area contributed by atoms with E-state index in [1.165, 1.54) is 11.8 Å². The summed E-state index contributed by atoms with van der Waals surface area (Å²) in [6.07, 6.45) is 2.12. The van der Waals surface area contributed by atoms with Gasteiger partial charge in [-0.15, -0.1) is 5.10 Å². The molecule has 1 aliphatic rings. The molecule has 1 unspecified atom stereocenters. The van der Waals surface area contributed by atoms with Crippen molar-refractivity contribution in [3.05, 3.63) is 66.0 Å². The Morgan fingerprint density at radius 2 is 1.93 bits per heavy atom. The number of Topliss-reactive ketones (excluding diaryl/α,β-unsaturated/α-hetero) is 1. The number of para-hydroxylation sites is 1. The van der Waals surface area contributed by atoms with Crippen LogP contribution >= 0.6 is 11.8 Å². The highest BCUT2D eigenvalue weighted by molar-refractivity contribution is 7.99. The molecule has 1 aliphatic carbocycles. The second-order valence-electron chi connectivity index (χ2n) is 7.35. The van der Waals surface area contributed by atoms with Gasteiger partial charge >= 0.3 is 0 Å². The van der Waals surface area contributed by atoms with Crippen molar-refractivity contribution in [2.45, 2.75) is 43.4 Å². The molecule has 2 aromatic carbocycles. The molecule has 1 aromatic heterocycles. The van der Waals surface area contributed by atoms with Gasteiger partial charge in [0.25, 0.3) is 0 Å². The smallest absolute Gasteiger partial charge is 0.209 e. The van der Waals surface area contributed by atoms with Gasteiger partial charge in [0.05, 0.1) is 11.8 Å². The largest absolute Gasteiger partial charge is 0.491 e. The van der Waals surface area contributed by atoms with E-state index in [0.717, 1.165) is 24.4 Å². The lowest BCUT2D eigenvalue weighted by Gasteiger charge is -2.11. The third-order valence-corrected chi connectivity index (χ3v) is 5.88. The van der Waals surface area contributed by atoms with Crippen LogP contribution in [0.25, 0.3) is 5.69 Å². The molecule has 0 spiro atoms. The van der Waals surface area contributed by atoms with E-state index in [1.54, 1.807) is 24.3 Å². The van der Waals surface area contributed by atoms with Gasteiger partial charge in [-0.1, -0.05) is 36.9 Å². The number of nitrogens with zero attached hydrogens (tertiary/aromatic N) is 3. The molecule has 0 aliphatic heterocycles. The minimum absolute atomic E-state index is 0.103. The molecule has 1 heterocycles. The van der Waals surface area contributed by atoms with Crippen molar-refractivity contribution in [3.8, 4) is 11.4 Å². The lowest BCUT2D eigenvalue weighted by molar-refractivity contribution is 0.0987. The van der Waals surface area contributed by atoms with E-state index in [4.69, 9.17) is 9.72 Å². The first kappa shape index (κ1) is 20.6. The molecule has 7 heteroatoms. The average molecular weight is 424 g/mol. The topological polar surface area (TPSA) is 77.2 Å². The van der Waals surface area contributed by atoms with Crippen LogP contribution in [0, 0.1) is 0 Å². The van der Waals surface area contributed by atoms with Gasteiger partial charge in [0, 0.05) is 23.7 Å². The Kier molecular flexibility index (Phi) is 6.50. The molecule has 1 fully saturated rings. The third kappa shape index (κ3) is 5.09. The Morgan fingerprint density at radius 3 is 2.60 bits per heavy atom. The van der Waals surface area contributed by atoms with Crippen LogP contribution in [0.1, 0.15) is 48.3 Å². The van der Waals surface area contributed by atoms with E-state index in [1.807, 2.05) is 41.9 Å². The number of hydrogen-bond donors (Lipinski definition) is 1. The quantitative estimate of drug-likeness (QED) is 0.388. The summed E-state index contributed by atoms with van der Waals surface area (Å²) in [7, 11) is 0. The number of ether oxygens (including phenoxy) is 1. The Balaban J connectivity index is 1.32. The highest BCUT2D eigenvalue weighted by Crippen LogP contribution is 2.40. The van der Waals surface area contributed by atoms with E-state index in [9.17, 15) is 9.90 Å². The number of rotatable bonds is 10. The average Bonchev–Trinajstić information content (AvgIpc) is 3.55. The standard InChI is InChI=1S/C23H25N3O3S/c1-2-21(28)16-10-12-20(13-11-16)29-14-19(27)15-30-23-24-22(17-8-9-17)26(25-23)18-6-4-3-5-7-18/h3-7,10-13,17,19,27H,2,8-9,14-15H2,1H3. The Bertz CT molecular complexity index is 985. The number of hydrogen-bond acceptors (Lipinski definition) is 6. The van der Waals surface area contributed by atoms with Crippen molar-refractivity contribution in [1.29, 1.82) is 0 Å². The van der Waals surface area contributed by atoms with Crippen molar-refractivity contribution < 1.29 is 14.6 Å². The zero-order valence-electron chi connectivity index (χ0n) is 16.9. The lowest BCUT2D eigenvalue weighted by atomic mass is 10.1. The predicted octanol–water partition coefficient (Wildman–Crippen LogP) is 4.27. The van der Waals surface area contributed by atoms with Crippen LogP contribution in [0.5, 0.6) is 5.75 Å². The minimum Gasteiger partial charge on any atom is -0.491 e. The molecule has 3 aromatic rings. The summed E-state index contributed by atoms with van der Waals surface area (Å²) in [6, 6.07) is 17.0. The van der Waals surface area contributed by atoms with Gasteiger partial charge in [0.2, 0.25) is 5.16 Å². The molecule has 6 nitrogen and oxygen atoms in total. The highest BCUT2D eigenvalue weighted by Gasteiger charge is 2.30. The monoisotopic (exact) mass is 423 g/mol. The molecule has 156 valence electrons. The first-order chi connectivity index (χ1) is 14.6. The Hall–Kier alpha value is -2.64. The van der Waals surface area contributed by atoms with Crippen LogP contribution in [0.4, 0.5) is 0 Å². The van der Waals surface area contributed by atoms with Crippen LogP contribution in [-0.2, 0) is 0 Å². The fraction of sp³-hybridized carbons (Fsp3) is 0.348. The molecular weight excluding hydrogens is 398 g/mol. The van der Waals surface area contributed by atoms with Gasteiger partial charge < -0.3 is 9.84 Å². The van der Waals surface area contributed by atoms with Crippen LogP contribution in [0.3, 0.4) is 0 Å². The molecule has 0 amide bonds. The SMILES string of the molecule is CCC(=O)c1ccc(OCC(O)CSc2nc(C3CC3)n(-c3ccccc3)n2)cc1. The van der Waals surface area contributed by atoms with Crippen molar-refractivity contribution in [2.24, 2.45) is 0 Å². The second-order valence-corrected chi connectivity index (χ2v) is 8.34. The van der Waals surface area contributed by atoms with E-state index >= 15 is 0 Å². The first-order valence-corrected chi connectivity index (χ1v) is 11.2. The zero-order chi connectivity index (χ0) is 20.9. The summed E-state index contributed by atoms with van der Waals surface area (Å²) in [5.74, 6) is 2.65. The van der Waals surface area contributed by atoms with Crippen LogP contribution in [0.15, 0.2) is 59.8 Å². The highest BCUT2D eigenvalue weighted by atomic mass is 32.2. The molecular formula is C23H25N3O3S. The maximum atomic E-state index is 11.7. The number of thioether (sulfide) groups is 1. The fourth-order valence-electron chi connectivity index (χ4n) is 3.08. The van der Waals surface area contributed by atoms with Gasteiger partial charge in [-0.3, -0.25) is 4.79 Å². The van der Waals surface area contributed by atoms with Crippen molar-refractivity contribution >= 4 is 17.5 Å². The van der Waals surface area contributed by atoms with Gasteiger partial charge in [0.1, 0.15) is 18.2 Å². The maximum Gasteiger partial charge on any atom is 0.209 e. The number of carbonyl (C=O) groups is 1. The van der Waals surface area contributed by atoms with Gasteiger partial charge in [0.15, 0.2) is 5.78 Å². The summed E-state index contributed by atoms with van der Waals surface area (Å²) in [5, 5.41) is 15.6. The van der Waals surface area contributed by atoms with Crippen molar-refractivity contribution in [1.82, 2.24) is 14.8 Å². The Labute approximate surface area is 180 Å². The van der Waals surface area contributed by atoms with Crippen LogP contribution < -0.4 is 4.74 Å². The van der Waals surface area contributed by atoms with Gasteiger partial charge in [-0.2, -0.15) is 0 Å². The van der Waals surface area contributed by atoms with Gasteiger partial charge in [-0.25, -0.2) is 9.67 Å². The molecule has 4 rings (SSSR count). The summed E-state index contributed by atoms with van der Waals surface area (Å²) in [6.45, 7) is 2.01. The van der Waals surface area contributed by atoms with Crippen molar-refractivity contribution in [3.63, 3.8) is 0 Å². The summed E-state index contributed by atoms with van der Waals surface area (Å²) in [5.41, 5.74) is 1.68. The first-order valence-electron chi connectivity index (χ1n) is 10.2. The summed E-state index contributed by atoms with van der Waals surface area (Å²) in [4.78, 5) is 16.4. The van der Waals surface area contributed by atoms with Crippen LogP contribution in [-0.4, -0.2) is 44.1 Å². The molecule has 1 N–H and O–H groups in total. The van der Waals surface area contributed by atoms with Crippen molar-refractivity contribution in [2.75, 3.05) is 12.4 Å². The predicted molar refractivity (Wildman–Crippen MR) is 117 cm³/mol. The number of ketones is 1. The third-order valence-electron chi connectivity index (χ3n) is 4.90. The number of aliphatic hydroxyl groups is 1. The number of aromatic nitrogens is 3. The Morgan fingerprint density at radius 1 is 1.20 bits per heavy atom. The molecule has 0 radical (unpaired) electrons. The fourth-order valence-corrected chi connectivity index (χ4v) is 3.82. The summed E-state index contributed by atoms with van der Waals surface area (Å²) >= 11 is 1.43. The molecule has 1 atom stereocenters. The van der Waals surface area contributed by atoms with Crippen LogP contribution in [0.2, 0.25) is 0 Å². The van der Waals surface area contributed by atoms with E-state index in [-0.39, 0.29) is 12.4 Å². The number of aliphatic hydroxyl groups excluding tert-OH is 1. The number of benzene rings is 2. The van der Waals surface area contributed by atoms with E-state index in [2.05, 4.69) is 5.10 Å².